The van der Waals surface area contributed by atoms with Crippen molar-refractivity contribution < 1.29 is 9.18 Å². The van der Waals surface area contributed by atoms with Gasteiger partial charge in [0.2, 0.25) is 0 Å². The molecular weight excluding hydrogens is 367 g/mol. The van der Waals surface area contributed by atoms with E-state index < -0.39 is 0 Å². The number of benzene rings is 2. The first kappa shape index (κ1) is 18.1. The van der Waals surface area contributed by atoms with Crippen LogP contribution in [-0.4, -0.2) is 52.6 Å². The summed E-state index contributed by atoms with van der Waals surface area (Å²) in [5.41, 5.74) is 3.63. The lowest BCUT2D eigenvalue weighted by Gasteiger charge is -2.27. The van der Waals surface area contributed by atoms with Crippen LogP contribution in [0.25, 0.3) is 11.3 Å². The van der Waals surface area contributed by atoms with Crippen LogP contribution in [0, 0.1) is 17.7 Å². The average Bonchev–Trinajstić information content (AvgIpc) is 3.44. The predicted molar refractivity (Wildman–Crippen MR) is 109 cm³/mol. The third-order valence-corrected chi connectivity index (χ3v) is 6.32. The second-order valence-electron chi connectivity index (χ2n) is 8.12. The minimum Gasteiger partial charge on any atom is -0.338 e. The number of hydrogen-bond donors (Lipinski definition) is 1. The molecule has 0 bridgehead atoms. The van der Waals surface area contributed by atoms with Crippen LogP contribution in [0.1, 0.15) is 22.0 Å². The SMILES string of the molecule is CN1C[C@H]2CN(C(=O)c3ccc(-c4ccn[nH]4)cc3)C[C@H]2[C@@H]1c1cccc(F)c1. The molecule has 6 heteroatoms. The van der Waals surface area contributed by atoms with Crippen molar-refractivity contribution in [1.29, 1.82) is 0 Å². The van der Waals surface area contributed by atoms with Crippen LogP contribution >= 0.6 is 0 Å². The minimum absolute atomic E-state index is 0.0659. The standard InChI is InChI=1S/C23H23FN4O/c1-27-12-18-13-28(14-20(18)22(27)17-3-2-4-19(24)11-17)23(29)16-7-5-15(6-8-16)21-9-10-25-26-21/h2-11,18,20,22H,12-14H2,1H3,(H,25,26)/t18-,20+,22-/m0/s1. The summed E-state index contributed by atoms with van der Waals surface area (Å²) in [6, 6.07) is 16.6. The maximum absolute atomic E-state index is 13.8. The normalized spacial score (nSPS) is 24.1. The van der Waals surface area contributed by atoms with Crippen molar-refractivity contribution in [3.8, 4) is 11.3 Å². The first-order valence-electron chi connectivity index (χ1n) is 9.95. The number of H-pyrrole nitrogens is 1. The van der Waals surface area contributed by atoms with Crippen molar-refractivity contribution in [1.82, 2.24) is 20.0 Å². The molecule has 1 amide bonds. The lowest BCUT2D eigenvalue weighted by molar-refractivity contribution is 0.0768. The third kappa shape index (κ3) is 3.23. The van der Waals surface area contributed by atoms with Gasteiger partial charge in [-0.05, 0) is 54.4 Å². The number of fused-ring (bicyclic) bond motifs is 1. The second-order valence-corrected chi connectivity index (χ2v) is 8.12. The molecule has 0 aliphatic carbocycles. The molecule has 3 aromatic rings. The zero-order valence-corrected chi connectivity index (χ0v) is 16.3. The predicted octanol–water partition coefficient (Wildman–Crippen LogP) is 3.59. The van der Waals surface area contributed by atoms with Gasteiger partial charge in [-0.2, -0.15) is 5.10 Å². The number of nitrogens with zero attached hydrogens (tertiary/aromatic N) is 3. The van der Waals surface area contributed by atoms with Crippen LogP contribution in [0.15, 0.2) is 60.8 Å². The van der Waals surface area contributed by atoms with E-state index in [1.165, 1.54) is 6.07 Å². The minimum atomic E-state index is -0.206. The molecule has 3 atom stereocenters. The van der Waals surface area contributed by atoms with Gasteiger partial charge >= 0.3 is 0 Å². The highest BCUT2D eigenvalue weighted by molar-refractivity contribution is 5.95. The van der Waals surface area contributed by atoms with Gasteiger partial charge in [0.15, 0.2) is 0 Å². The highest BCUT2D eigenvalue weighted by Crippen LogP contribution is 2.44. The molecule has 5 rings (SSSR count). The molecule has 1 aromatic heterocycles. The summed E-state index contributed by atoms with van der Waals surface area (Å²) < 4.78 is 13.8. The zero-order chi connectivity index (χ0) is 20.0. The van der Waals surface area contributed by atoms with Crippen LogP contribution in [0.2, 0.25) is 0 Å². The Morgan fingerprint density at radius 2 is 1.93 bits per heavy atom. The largest absolute Gasteiger partial charge is 0.338 e. The molecule has 2 fully saturated rings. The number of amides is 1. The Morgan fingerprint density at radius 1 is 1.10 bits per heavy atom. The summed E-state index contributed by atoms with van der Waals surface area (Å²) in [6.45, 7) is 2.38. The van der Waals surface area contributed by atoms with E-state index in [2.05, 4.69) is 22.1 Å². The van der Waals surface area contributed by atoms with E-state index in [1.807, 2.05) is 41.3 Å². The Kier molecular flexibility index (Phi) is 4.43. The zero-order valence-electron chi connectivity index (χ0n) is 16.3. The topological polar surface area (TPSA) is 52.2 Å². The van der Waals surface area contributed by atoms with Crippen LogP contribution < -0.4 is 0 Å². The number of carbonyl (C=O) groups is 1. The molecule has 2 saturated heterocycles. The van der Waals surface area contributed by atoms with Gasteiger partial charge < -0.3 is 4.90 Å². The van der Waals surface area contributed by atoms with Crippen LogP contribution in [0.3, 0.4) is 0 Å². The summed E-state index contributed by atoms with van der Waals surface area (Å²) in [4.78, 5) is 17.3. The van der Waals surface area contributed by atoms with Gasteiger partial charge in [0.05, 0.1) is 5.69 Å². The van der Waals surface area contributed by atoms with Crippen LogP contribution in [0.5, 0.6) is 0 Å². The van der Waals surface area contributed by atoms with Gasteiger partial charge in [0.1, 0.15) is 5.82 Å². The van der Waals surface area contributed by atoms with Crippen molar-refractivity contribution in [2.75, 3.05) is 26.7 Å². The molecule has 0 saturated carbocycles. The van der Waals surface area contributed by atoms with E-state index in [4.69, 9.17) is 0 Å². The van der Waals surface area contributed by atoms with E-state index in [-0.39, 0.29) is 17.8 Å². The van der Waals surface area contributed by atoms with Gasteiger partial charge in [0, 0.05) is 43.4 Å². The van der Waals surface area contributed by atoms with Gasteiger partial charge in [-0.25, -0.2) is 4.39 Å². The van der Waals surface area contributed by atoms with E-state index >= 15 is 0 Å². The molecule has 2 aliphatic rings. The van der Waals surface area contributed by atoms with E-state index in [1.54, 1.807) is 18.3 Å². The Morgan fingerprint density at radius 3 is 2.66 bits per heavy atom. The number of aromatic amines is 1. The number of halogens is 1. The maximum Gasteiger partial charge on any atom is 0.253 e. The Balaban J connectivity index is 1.33. The number of aromatic nitrogens is 2. The molecule has 0 unspecified atom stereocenters. The highest BCUT2D eigenvalue weighted by Gasteiger charge is 2.47. The lowest BCUT2D eigenvalue weighted by Crippen LogP contribution is -2.33. The number of hydrogen-bond acceptors (Lipinski definition) is 3. The fraction of sp³-hybridized carbons (Fsp3) is 0.304. The smallest absolute Gasteiger partial charge is 0.253 e. The molecule has 2 aromatic carbocycles. The fourth-order valence-corrected chi connectivity index (χ4v) is 5.01. The highest BCUT2D eigenvalue weighted by atomic mass is 19.1. The summed E-state index contributed by atoms with van der Waals surface area (Å²) in [6.07, 6.45) is 1.71. The number of likely N-dealkylation sites (tertiary alicyclic amines) is 2. The van der Waals surface area contributed by atoms with Crippen LogP contribution in [0.4, 0.5) is 4.39 Å². The number of nitrogens with one attached hydrogen (secondary N) is 1. The van der Waals surface area contributed by atoms with Crippen molar-refractivity contribution >= 4 is 5.91 Å². The van der Waals surface area contributed by atoms with Crippen molar-refractivity contribution in [3.05, 3.63) is 77.7 Å². The molecule has 0 spiro atoms. The molecule has 2 aliphatic heterocycles. The van der Waals surface area contributed by atoms with Gasteiger partial charge in [-0.15, -0.1) is 0 Å². The second kappa shape index (κ2) is 7.12. The van der Waals surface area contributed by atoms with Crippen LogP contribution in [-0.2, 0) is 0 Å². The van der Waals surface area contributed by atoms with E-state index in [0.717, 1.165) is 29.9 Å². The van der Waals surface area contributed by atoms with Gasteiger partial charge in [-0.1, -0.05) is 24.3 Å². The molecule has 1 N–H and O–H groups in total. The molecule has 0 radical (unpaired) electrons. The fourth-order valence-electron chi connectivity index (χ4n) is 5.01. The Labute approximate surface area is 169 Å². The monoisotopic (exact) mass is 390 g/mol. The van der Waals surface area contributed by atoms with Crippen molar-refractivity contribution in [3.63, 3.8) is 0 Å². The summed E-state index contributed by atoms with van der Waals surface area (Å²) in [7, 11) is 2.09. The molecular formula is C23H23FN4O. The molecule has 3 heterocycles. The van der Waals surface area contributed by atoms with Crippen molar-refractivity contribution in [2.45, 2.75) is 6.04 Å². The quantitative estimate of drug-likeness (QED) is 0.744. The first-order chi connectivity index (χ1) is 14.1. The lowest BCUT2D eigenvalue weighted by atomic mass is 9.89. The van der Waals surface area contributed by atoms with Gasteiger partial charge in [-0.3, -0.25) is 14.8 Å². The molecule has 148 valence electrons. The average molecular weight is 390 g/mol. The summed E-state index contributed by atoms with van der Waals surface area (Å²) >= 11 is 0. The van der Waals surface area contributed by atoms with Crippen molar-refractivity contribution in [2.24, 2.45) is 11.8 Å². The Hall–Kier alpha value is -2.99. The van der Waals surface area contributed by atoms with Gasteiger partial charge in [0.25, 0.3) is 5.91 Å². The Bertz CT molecular complexity index is 1020. The maximum atomic E-state index is 13.8. The molecule has 5 nitrogen and oxygen atoms in total. The first-order valence-corrected chi connectivity index (χ1v) is 9.95. The third-order valence-electron chi connectivity index (χ3n) is 6.32. The summed E-state index contributed by atoms with van der Waals surface area (Å²) in [5.74, 6) is 0.607. The molecule has 29 heavy (non-hydrogen) atoms. The van der Waals surface area contributed by atoms with E-state index in [9.17, 15) is 9.18 Å². The number of carbonyl (C=O) groups excluding carboxylic acids is 1. The summed E-state index contributed by atoms with van der Waals surface area (Å²) in [5, 5.41) is 6.90. The number of rotatable bonds is 3. The van der Waals surface area contributed by atoms with E-state index in [0.29, 0.717) is 23.9 Å².